The lowest BCUT2D eigenvalue weighted by Crippen LogP contribution is -2.44. The lowest BCUT2D eigenvalue weighted by atomic mass is 10.0. The Balaban J connectivity index is 1.66. The normalized spacial score (nSPS) is 12.0. The van der Waals surface area contributed by atoms with Crippen LogP contribution in [-0.2, 0) is 28.9 Å². The molecule has 0 bridgehead atoms. The van der Waals surface area contributed by atoms with Gasteiger partial charge in [0.2, 0.25) is 0 Å². The number of hydrogen-bond acceptors (Lipinski definition) is 5. The summed E-state index contributed by atoms with van der Waals surface area (Å²) in [5.74, 6) is -1.03. The standard InChI is InChI=1S/C29H26Cl3N3O5/c1-16(2)40-28(38)23(33-26(36)25-21(31)5-4-6-22(25)32)14-17-7-10-19(11-8-17)35-27(37)20-13-18(15-30)9-12-24(20)34(3)29(35)39/h4-13,16,23H,14-15H2,1-3H3,(H,33,36)/t23-/m0/s1. The van der Waals surface area contributed by atoms with Gasteiger partial charge >= 0.3 is 11.7 Å². The van der Waals surface area contributed by atoms with Crippen LogP contribution < -0.4 is 16.6 Å². The molecule has 208 valence electrons. The summed E-state index contributed by atoms with van der Waals surface area (Å²) in [6, 6.07) is 15.3. The summed E-state index contributed by atoms with van der Waals surface area (Å²) in [4.78, 5) is 52.3. The number of hydrogen-bond donors (Lipinski definition) is 1. The van der Waals surface area contributed by atoms with Gasteiger partial charge < -0.3 is 10.1 Å². The van der Waals surface area contributed by atoms with Crippen molar-refractivity contribution in [2.24, 2.45) is 7.05 Å². The number of nitrogens with one attached hydrogen (secondary N) is 1. The monoisotopic (exact) mass is 601 g/mol. The number of ether oxygens (including phenoxy) is 1. The molecular formula is C29H26Cl3N3O5. The first-order chi connectivity index (χ1) is 19.0. The van der Waals surface area contributed by atoms with E-state index < -0.39 is 35.3 Å². The van der Waals surface area contributed by atoms with Crippen LogP contribution in [0.4, 0.5) is 0 Å². The highest BCUT2D eigenvalue weighted by Gasteiger charge is 2.26. The first-order valence-electron chi connectivity index (χ1n) is 12.4. The molecular weight excluding hydrogens is 577 g/mol. The first-order valence-corrected chi connectivity index (χ1v) is 13.7. The van der Waals surface area contributed by atoms with Gasteiger partial charge in [-0.05, 0) is 61.4 Å². The Kier molecular flexibility index (Phi) is 9.03. The van der Waals surface area contributed by atoms with Gasteiger partial charge in [0.05, 0.1) is 38.3 Å². The summed E-state index contributed by atoms with van der Waals surface area (Å²) in [7, 11) is 1.59. The Labute approximate surface area is 245 Å². The van der Waals surface area contributed by atoms with E-state index >= 15 is 0 Å². The van der Waals surface area contributed by atoms with Crippen LogP contribution in [0.2, 0.25) is 10.0 Å². The number of benzene rings is 3. The minimum Gasteiger partial charge on any atom is -0.461 e. The van der Waals surface area contributed by atoms with E-state index in [0.717, 1.165) is 10.1 Å². The lowest BCUT2D eigenvalue weighted by Gasteiger charge is -2.20. The second kappa shape index (κ2) is 12.3. The third-order valence-electron chi connectivity index (χ3n) is 6.25. The molecule has 1 aromatic heterocycles. The smallest absolute Gasteiger partial charge is 0.335 e. The van der Waals surface area contributed by atoms with Crippen molar-refractivity contribution in [3.8, 4) is 5.69 Å². The van der Waals surface area contributed by atoms with E-state index in [1.54, 1.807) is 69.4 Å². The van der Waals surface area contributed by atoms with Gasteiger partial charge in [-0.25, -0.2) is 14.2 Å². The number of carbonyl (C=O) groups excluding carboxylic acids is 2. The van der Waals surface area contributed by atoms with Crippen LogP contribution >= 0.6 is 34.8 Å². The van der Waals surface area contributed by atoms with Crippen molar-refractivity contribution in [2.45, 2.75) is 38.3 Å². The molecule has 4 aromatic rings. The number of carbonyl (C=O) groups is 2. The molecule has 1 atom stereocenters. The maximum Gasteiger partial charge on any atom is 0.335 e. The number of fused-ring (bicyclic) bond motifs is 1. The zero-order valence-corrected chi connectivity index (χ0v) is 24.2. The van der Waals surface area contributed by atoms with Gasteiger partial charge in [-0.1, -0.05) is 47.5 Å². The quantitative estimate of drug-likeness (QED) is 0.225. The van der Waals surface area contributed by atoms with Crippen molar-refractivity contribution in [1.82, 2.24) is 14.5 Å². The minimum atomic E-state index is -1.06. The fourth-order valence-corrected chi connectivity index (χ4v) is 5.02. The van der Waals surface area contributed by atoms with E-state index in [2.05, 4.69) is 5.32 Å². The van der Waals surface area contributed by atoms with Crippen molar-refractivity contribution in [2.75, 3.05) is 0 Å². The van der Waals surface area contributed by atoms with Crippen LogP contribution in [0.3, 0.4) is 0 Å². The first kappa shape index (κ1) is 29.4. The molecule has 0 unspecified atom stereocenters. The topological polar surface area (TPSA) is 99.4 Å². The van der Waals surface area contributed by atoms with Crippen molar-refractivity contribution in [1.29, 1.82) is 0 Å². The van der Waals surface area contributed by atoms with Crippen molar-refractivity contribution >= 4 is 57.6 Å². The Bertz CT molecular complexity index is 1690. The van der Waals surface area contributed by atoms with E-state index in [1.165, 1.54) is 16.7 Å². The Morgan fingerprint density at radius 3 is 2.17 bits per heavy atom. The third-order valence-corrected chi connectivity index (χ3v) is 7.19. The fraction of sp³-hybridized carbons (Fsp3) is 0.241. The summed E-state index contributed by atoms with van der Waals surface area (Å²) in [5.41, 5.74) is 1.32. The second-order valence-corrected chi connectivity index (χ2v) is 10.5. The van der Waals surface area contributed by atoms with Crippen LogP contribution in [-0.4, -0.2) is 33.2 Å². The van der Waals surface area contributed by atoms with E-state index in [0.29, 0.717) is 22.2 Å². The number of amides is 1. The summed E-state index contributed by atoms with van der Waals surface area (Å²) in [6.07, 6.45) is -0.336. The number of aryl methyl sites for hydroxylation is 1. The summed E-state index contributed by atoms with van der Waals surface area (Å²) in [5, 5.41) is 3.32. The van der Waals surface area contributed by atoms with Gasteiger partial charge in [0.25, 0.3) is 11.5 Å². The lowest BCUT2D eigenvalue weighted by molar-refractivity contribution is -0.149. The van der Waals surface area contributed by atoms with E-state index in [4.69, 9.17) is 39.5 Å². The Morgan fingerprint density at radius 1 is 0.950 bits per heavy atom. The maximum atomic E-state index is 13.3. The highest BCUT2D eigenvalue weighted by molar-refractivity contribution is 6.39. The van der Waals surface area contributed by atoms with Gasteiger partial charge in [-0.2, -0.15) is 0 Å². The Morgan fingerprint density at radius 2 is 1.57 bits per heavy atom. The maximum absolute atomic E-state index is 13.3. The van der Waals surface area contributed by atoms with Crippen molar-refractivity contribution < 1.29 is 14.3 Å². The molecule has 1 heterocycles. The molecule has 0 saturated heterocycles. The van der Waals surface area contributed by atoms with Gasteiger partial charge in [0, 0.05) is 19.3 Å². The van der Waals surface area contributed by atoms with Gasteiger partial charge in [0.15, 0.2) is 0 Å². The average molecular weight is 603 g/mol. The van der Waals surface area contributed by atoms with Crippen LogP contribution in [0.15, 0.2) is 70.3 Å². The van der Waals surface area contributed by atoms with Gasteiger partial charge in [-0.15, -0.1) is 11.6 Å². The molecule has 8 nitrogen and oxygen atoms in total. The third kappa shape index (κ3) is 6.09. The van der Waals surface area contributed by atoms with Crippen LogP contribution in [0.25, 0.3) is 16.6 Å². The molecule has 1 amide bonds. The van der Waals surface area contributed by atoms with Crippen LogP contribution in [0.5, 0.6) is 0 Å². The summed E-state index contributed by atoms with van der Waals surface area (Å²) < 4.78 is 7.84. The van der Waals surface area contributed by atoms with Crippen LogP contribution in [0, 0.1) is 0 Å². The van der Waals surface area contributed by atoms with Gasteiger partial charge in [0.1, 0.15) is 6.04 Å². The predicted octanol–water partition coefficient (Wildman–Crippen LogP) is 5.03. The molecule has 0 fully saturated rings. The number of alkyl halides is 1. The van der Waals surface area contributed by atoms with E-state index in [-0.39, 0.29) is 27.9 Å². The highest BCUT2D eigenvalue weighted by Crippen LogP contribution is 2.24. The molecule has 40 heavy (non-hydrogen) atoms. The summed E-state index contributed by atoms with van der Waals surface area (Å²) >= 11 is 18.3. The molecule has 0 spiro atoms. The molecule has 1 N–H and O–H groups in total. The van der Waals surface area contributed by atoms with Gasteiger partial charge in [-0.3, -0.25) is 14.2 Å². The minimum absolute atomic E-state index is 0.0485. The van der Waals surface area contributed by atoms with Crippen molar-refractivity contribution in [3.05, 3.63) is 108 Å². The number of nitrogens with zero attached hydrogens (tertiary/aromatic N) is 2. The predicted molar refractivity (Wildman–Crippen MR) is 157 cm³/mol. The molecule has 0 radical (unpaired) electrons. The van der Waals surface area contributed by atoms with Crippen LogP contribution in [0.1, 0.15) is 35.3 Å². The zero-order chi connectivity index (χ0) is 29.1. The zero-order valence-electron chi connectivity index (χ0n) is 21.9. The molecule has 0 aliphatic rings. The SMILES string of the molecule is CC(C)OC(=O)[C@H](Cc1ccc(-n2c(=O)c3cc(CCl)ccc3n(C)c2=O)cc1)NC(=O)c1c(Cl)cccc1Cl. The molecule has 4 rings (SSSR count). The number of esters is 1. The number of halogens is 3. The molecule has 11 heteroatoms. The number of rotatable bonds is 8. The summed E-state index contributed by atoms with van der Waals surface area (Å²) in [6.45, 7) is 3.41. The molecule has 3 aromatic carbocycles. The molecule has 0 aliphatic heterocycles. The van der Waals surface area contributed by atoms with E-state index in [9.17, 15) is 19.2 Å². The molecule has 0 aliphatic carbocycles. The highest BCUT2D eigenvalue weighted by atomic mass is 35.5. The average Bonchev–Trinajstić information content (AvgIpc) is 2.91. The fourth-order valence-electron chi connectivity index (χ4n) is 4.29. The Hall–Kier alpha value is -3.59. The molecule has 0 saturated carbocycles. The second-order valence-electron chi connectivity index (χ2n) is 9.45. The number of aromatic nitrogens is 2. The van der Waals surface area contributed by atoms with E-state index in [1.807, 2.05) is 0 Å². The largest absolute Gasteiger partial charge is 0.461 e. The van der Waals surface area contributed by atoms with Crippen molar-refractivity contribution in [3.63, 3.8) is 0 Å².